The van der Waals surface area contributed by atoms with Gasteiger partial charge in [0.15, 0.2) is 0 Å². The van der Waals surface area contributed by atoms with Crippen molar-refractivity contribution in [3.05, 3.63) is 16.1 Å². The fraction of sp³-hybridized carbons (Fsp3) is 0.700. The van der Waals surface area contributed by atoms with Gasteiger partial charge in [0.2, 0.25) is 0 Å². The van der Waals surface area contributed by atoms with E-state index in [-0.39, 0.29) is 5.60 Å². The number of hydrogen-bond donors (Lipinski definition) is 0. The van der Waals surface area contributed by atoms with Crippen molar-refractivity contribution in [1.82, 2.24) is 4.98 Å². The first-order valence-electron chi connectivity index (χ1n) is 4.66. The van der Waals surface area contributed by atoms with Gasteiger partial charge in [0.05, 0.1) is 0 Å². The topological polar surface area (TPSA) is 22.1 Å². The summed E-state index contributed by atoms with van der Waals surface area (Å²) in [5, 5.41) is 3.19. The Morgan fingerprint density at radius 1 is 1.46 bits per heavy atom. The number of thiazole rings is 1. The molecule has 0 fully saturated rings. The molecular formula is C10H17NOS. The molecule has 1 aromatic heterocycles. The molecule has 0 saturated carbocycles. The lowest BCUT2D eigenvalue weighted by Gasteiger charge is -2.27. The molecule has 0 aliphatic rings. The normalized spacial score (nSPS) is 12.0. The van der Waals surface area contributed by atoms with Crippen molar-refractivity contribution in [3.63, 3.8) is 0 Å². The van der Waals surface area contributed by atoms with E-state index in [2.05, 4.69) is 24.2 Å². The number of hydrogen-bond acceptors (Lipinski definition) is 3. The maximum atomic E-state index is 5.58. The number of methoxy groups -OCH3 is 1. The quantitative estimate of drug-likeness (QED) is 0.743. The lowest BCUT2D eigenvalue weighted by molar-refractivity contribution is -0.0219. The third-order valence-electron chi connectivity index (χ3n) is 2.54. The Morgan fingerprint density at radius 2 is 2.08 bits per heavy atom. The Bertz CT molecular complexity index is 257. The van der Waals surface area contributed by atoms with Crippen LogP contribution in [-0.4, -0.2) is 12.1 Å². The highest BCUT2D eigenvalue weighted by atomic mass is 32.1. The molecule has 0 aromatic carbocycles. The summed E-state index contributed by atoms with van der Waals surface area (Å²) in [6.45, 7) is 6.30. The van der Waals surface area contributed by atoms with Crippen molar-refractivity contribution in [2.45, 2.75) is 39.2 Å². The van der Waals surface area contributed by atoms with Crippen LogP contribution in [-0.2, 0) is 10.3 Å². The van der Waals surface area contributed by atoms with Crippen molar-refractivity contribution < 1.29 is 4.74 Å². The number of nitrogens with zero attached hydrogens (tertiary/aromatic N) is 1. The zero-order valence-corrected chi connectivity index (χ0v) is 9.57. The summed E-state index contributed by atoms with van der Waals surface area (Å²) in [5.74, 6) is 0. The Labute approximate surface area is 84.0 Å². The third-order valence-corrected chi connectivity index (χ3v) is 3.69. The van der Waals surface area contributed by atoms with Crippen molar-refractivity contribution in [1.29, 1.82) is 0 Å². The van der Waals surface area contributed by atoms with Crippen molar-refractivity contribution >= 4 is 11.3 Å². The fourth-order valence-electron chi connectivity index (χ4n) is 1.49. The molecule has 13 heavy (non-hydrogen) atoms. The van der Waals surface area contributed by atoms with E-state index >= 15 is 0 Å². The second-order valence-corrected chi connectivity index (χ2v) is 4.06. The van der Waals surface area contributed by atoms with Gasteiger partial charge in [0.1, 0.15) is 10.6 Å². The fourth-order valence-corrected chi connectivity index (χ4v) is 2.61. The average molecular weight is 199 g/mol. The number of aryl methyl sites for hydroxylation is 1. The second kappa shape index (κ2) is 4.20. The lowest BCUT2D eigenvalue weighted by atomic mass is 9.98. The predicted octanol–water partition coefficient (Wildman–Crippen LogP) is 3.11. The van der Waals surface area contributed by atoms with Gasteiger partial charge in [0.25, 0.3) is 0 Å². The number of ether oxygens (including phenoxy) is 1. The molecule has 0 amide bonds. The average Bonchev–Trinajstić information content (AvgIpc) is 2.57. The van der Waals surface area contributed by atoms with Crippen LogP contribution in [0.15, 0.2) is 5.38 Å². The van der Waals surface area contributed by atoms with Crippen LogP contribution in [0.25, 0.3) is 0 Å². The molecule has 0 spiro atoms. The minimum absolute atomic E-state index is 0.154. The Hall–Kier alpha value is -0.410. The van der Waals surface area contributed by atoms with E-state index in [4.69, 9.17) is 4.74 Å². The van der Waals surface area contributed by atoms with E-state index < -0.39 is 0 Å². The standard InChI is InChI=1S/C10H17NOS/c1-5-10(6-2,12-4)9-11-8(3)7-13-9/h7H,5-6H2,1-4H3. The van der Waals surface area contributed by atoms with E-state index in [0.717, 1.165) is 23.5 Å². The highest BCUT2D eigenvalue weighted by Gasteiger charge is 2.30. The summed E-state index contributed by atoms with van der Waals surface area (Å²) >= 11 is 1.69. The van der Waals surface area contributed by atoms with Gasteiger partial charge in [-0.1, -0.05) is 13.8 Å². The van der Waals surface area contributed by atoms with Crippen LogP contribution in [0.1, 0.15) is 37.4 Å². The van der Waals surface area contributed by atoms with Crippen molar-refractivity contribution in [2.24, 2.45) is 0 Å². The minimum Gasteiger partial charge on any atom is -0.371 e. The van der Waals surface area contributed by atoms with Crippen LogP contribution >= 0.6 is 11.3 Å². The molecule has 1 aromatic rings. The molecule has 3 heteroatoms. The van der Waals surface area contributed by atoms with Crippen molar-refractivity contribution in [2.75, 3.05) is 7.11 Å². The Morgan fingerprint density at radius 3 is 2.38 bits per heavy atom. The molecule has 1 rings (SSSR count). The van der Waals surface area contributed by atoms with Gasteiger partial charge in [-0.05, 0) is 19.8 Å². The van der Waals surface area contributed by atoms with Crippen LogP contribution in [0.5, 0.6) is 0 Å². The van der Waals surface area contributed by atoms with E-state index in [9.17, 15) is 0 Å². The second-order valence-electron chi connectivity index (χ2n) is 3.20. The molecule has 1 heterocycles. The van der Waals surface area contributed by atoms with Crippen LogP contribution in [0.4, 0.5) is 0 Å². The first kappa shape index (κ1) is 10.7. The first-order valence-corrected chi connectivity index (χ1v) is 5.54. The molecule has 0 unspecified atom stereocenters. The molecule has 0 radical (unpaired) electrons. The molecule has 0 N–H and O–H groups in total. The van der Waals surface area contributed by atoms with Gasteiger partial charge in [-0.3, -0.25) is 0 Å². The predicted molar refractivity (Wildman–Crippen MR) is 56.1 cm³/mol. The van der Waals surface area contributed by atoms with E-state index in [1.807, 2.05) is 6.92 Å². The largest absolute Gasteiger partial charge is 0.371 e. The van der Waals surface area contributed by atoms with E-state index in [1.54, 1.807) is 18.4 Å². The van der Waals surface area contributed by atoms with Crippen LogP contribution in [0.3, 0.4) is 0 Å². The van der Waals surface area contributed by atoms with Gasteiger partial charge in [-0.2, -0.15) is 0 Å². The summed E-state index contributed by atoms with van der Waals surface area (Å²) < 4.78 is 5.58. The molecule has 74 valence electrons. The minimum atomic E-state index is -0.154. The van der Waals surface area contributed by atoms with Crippen LogP contribution in [0.2, 0.25) is 0 Å². The molecule has 0 saturated heterocycles. The smallest absolute Gasteiger partial charge is 0.125 e. The molecule has 0 atom stereocenters. The number of rotatable bonds is 4. The summed E-state index contributed by atoms with van der Waals surface area (Å²) in [4.78, 5) is 4.49. The summed E-state index contributed by atoms with van der Waals surface area (Å²) in [6, 6.07) is 0. The molecule has 0 bridgehead atoms. The van der Waals surface area contributed by atoms with Gasteiger partial charge in [0, 0.05) is 18.2 Å². The number of aromatic nitrogens is 1. The van der Waals surface area contributed by atoms with E-state index in [0.29, 0.717) is 0 Å². The molecule has 0 aliphatic carbocycles. The maximum absolute atomic E-state index is 5.58. The van der Waals surface area contributed by atoms with Crippen LogP contribution in [0, 0.1) is 6.92 Å². The Balaban J connectivity index is 3.00. The highest BCUT2D eigenvalue weighted by Crippen LogP contribution is 2.34. The first-order chi connectivity index (χ1) is 6.18. The Kier molecular flexibility index (Phi) is 3.45. The van der Waals surface area contributed by atoms with Gasteiger partial charge >= 0.3 is 0 Å². The zero-order valence-electron chi connectivity index (χ0n) is 8.76. The summed E-state index contributed by atoms with van der Waals surface area (Å²) in [7, 11) is 1.77. The lowest BCUT2D eigenvalue weighted by Crippen LogP contribution is -2.26. The van der Waals surface area contributed by atoms with Crippen LogP contribution < -0.4 is 0 Å². The third kappa shape index (κ3) is 1.92. The molecule has 2 nitrogen and oxygen atoms in total. The molecule has 0 aliphatic heterocycles. The van der Waals surface area contributed by atoms with Gasteiger partial charge in [-0.25, -0.2) is 4.98 Å². The van der Waals surface area contributed by atoms with E-state index in [1.165, 1.54) is 0 Å². The van der Waals surface area contributed by atoms with Gasteiger partial charge < -0.3 is 4.74 Å². The summed E-state index contributed by atoms with van der Waals surface area (Å²) in [5.41, 5.74) is 0.933. The highest BCUT2D eigenvalue weighted by molar-refractivity contribution is 7.09. The SMILES string of the molecule is CCC(CC)(OC)c1nc(C)cs1. The summed E-state index contributed by atoms with van der Waals surface area (Å²) in [6.07, 6.45) is 1.96. The van der Waals surface area contributed by atoms with Gasteiger partial charge in [-0.15, -0.1) is 11.3 Å². The monoisotopic (exact) mass is 199 g/mol. The molecular weight excluding hydrogens is 182 g/mol. The zero-order chi connectivity index (χ0) is 9.90. The van der Waals surface area contributed by atoms with Crippen molar-refractivity contribution in [3.8, 4) is 0 Å². The maximum Gasteiger partial charge on any atom is 0.125 e.